The van der Waals surface area contributed by atoms with E-state index in [2.05, 4.69) is 28.8 Å². The third kappa shape index (κ3) is 13.1. The lowest BCUT2D eigenvalue weighted by Gasteiger charge is -2.09. The van der Waals surface area contributed by atoms with Crippen LogP contribution >= 0.6 is 23.5 Å². The Morgan fingerprint density at radius 2 is 1.05 bits per heavy atom. The first kappa shape index (κ1) is 20.0. The van der Waals surface area contributed by atoms with E-state index in [0.717, 1.165) is 36.1 Å². The van der Waals surface area contributed by atoms with E-state index >= 15 is 0 Å². The zero-order valence-electron chi connectivity index (χ0n) is 12.8. The van der Waals surface area contributed by atoms with E-state index in [-0.39, 0.29) is 0 Å². The Morgan fingerprint density at radius 3 is 1.38 bits per heavy atom. The molecular formula is C14H29NO2S4. The zero-order chi connectivity index (χ0) is 15.2. The van der Waals surface area contributed by atoms with Crippen LogP contribution in [0.2, 0.25) is 0 Å². The van der Waals surface area contributed by atoms with Gasteiger partial charge in [0.05, 0.1) is 0 Å². The first-order valence-corrected chi connectivity index (χ1v) is 13.1. The van der Waals surface area contributed by atoms with Crippen molar-refractivity contribution in [3.8, 4) is 0 Å². The molecule has 3 heterocycles. The Morgan fingerprint density at radius 1 is 0.619 bits per heavy atom. The fourth-order valence-corrected chi connectivity index (χ4v) is 6.52. The molecule has 0 unspecified atom stereocenters. The maximum absolute atomic E-state index is 10.8. The van der Waals surface area contributed by atoms with Crippen LogP contribution in [0.1, 0.15) is 25.7 Å². The van der Waals surface area contributed by atoms with E-state index < -0.39 is 21.6 Å². The number of hydrogen-bond donors (Lipinski definition) is 1. The lowest BCUT2D eigenvalue weighted by atomic mass is 10.2. The number of rotatable bonds is 0. The van der Waals surface area contributed by atoms with Gasteiger partial charge in [-0.3, -0.25) is 8.42 Å². The molecule has 3 aliphatic heterocycles. The van der Waals surface area contributed by atoms with Crippen LogP contribution in [-0.2, 0) is 21.6 Å². The summed E-state index contributed by atoms with van der Waals surface area (Å²) in [6, 6.07) is 0. The summed E-state index contributed by atoms with van der Waals surface area (Å²) in [5.41, 5.74) is 0. The summed E-state index contributed by atoms with van der Waals surface area (Å²) in [6.45, 7) is 1.87. The van der Waals surface area contributed by atoms with E-state index in [4.69, 9.17) is 0 Å². The molecular weight excluding hydrogens is 342 g/mol. The molecule has 0 saturated carbocycles. The fraction of sp³-hybridized carbons (Fsp3) is 1.00. The van der Waals surface area contributed by atoms with Crippen molar-refractivity contribution in [2.24, 2.45) is 0 Å². The molecule has 0 aromatic rings. The standard InChI is InChI=1S/C6H12OS.C4H9NOS.C4H8S2/c7-8-5-3-1-2-4-6-8;6-7-3-1-5-2-4-7;1-2-6-4-3-5-1/h1-6H2;5H,1-4H2;1-4H2. The topological polar surface area (TPSA) is 46.2 Å². The van der Waals surface area contributed by atoms with Gasteiger partial charge in [0.2, 0.25) is 0 Å². The van der Waals surface area contributed by atoms with Crippen molar-refractivity contribution < 1.29 is 8.42 Å². The molecule has 0 atom stereocenters. The van der Waals surface area contributed by atoms with Crippen molar-refractivity contribution in [1.29, 1.82) is 0 Å². The molecule has 3 rings (SSSR count). The fourth-order valence-electron chi connectivity index (χ4n) is 2.02. The minimum atomic E-state index is -0.503. The van der Waals surface area contributed by atoms with E-state index in [0.29, 0.717) is 0 Å². The van der Waals surface area contributed by atoms with E-state index in [1.54, 1.807) is 0 Å². The Hall–Kier alpha value is 0.960. The third-order valence-corrected chi connectivity index (χ3v) is 8.55. The second-order valence-corrected chi connectivity index (χ2v) is 10.9. The van der Waals surface area contributed by atoms with E-state index in [1.807, 2.05) is 0 Å². The summed E-state index contributed by atoms with van der Waals surface area (Å²) >= 11 is 4.15. The van der Waals surface area contributed by atoms with Crippen LogP contribution in [0.5, 0.6) is 0 Å². The van der Waals surface area contributed by atoms with Crippen molar-refractivity contribution in [2.75, 3.05) is 59.1 Å². The molecule has 7 heteroatoms. The molecule has 0 bridgehead atoms. The Bertz CT molecular complexity index is 269. The molecule has 0 spiro atoms. The van der Waals surface area contributed by atoms with Crippen LogP contribution in [0.15, 0.2) is 0 Å². The average Bonchev–Trinajstić information content (AvgIpc) is 2.79. The summed E-state index contributed by atoms with van der Waals surface area (Å²) in [7, 11) is -0.960. The first-order valence-electron chi connectivity index (χ1n) is 7.85. The highest BCUT2D eigenvalue weighted by Gasteiger charge is 2.04. The molecule has 1 N–H and O–H groups in total. The molecule has 3 nitrogen and oxygen atoms in total. The van der Waals surface area contributed by atoms with Gasteiger partial charge in [-0.05, 0) is 12.8 Å². The van der Waals surface area contributed by atoms with Crippen LogP contribution in [-0.4, -0.2) is 67.5 Å². The van der Waals surface area contributed by atoms with Gasteiger partial charge >= 0.3 is 0 Å². The largest absolute Gasteiger partial charge is 0.315 e. The predicted molar refractivity (Wildman–Crippen MR) is 102 cm³/mol. The van der Waals surface area contributed by atoms with Crippen molar-refractivity contribution in [1.82, 2.24) is 5.32 Å². The van der Waals surface area contributed by atoms with Gasteiger partial charge in [-0.1, -0.05) is 12.8 Å². The van der Waals surface area contributed by atoms with Gasteiger partial charge in [-0.15, -0.1) is 0 Å². The Kier molecular flexibility index (Phi) is 13.9. The monoisotopic (exact) mass is 371 g/mol. The van der Waals surface area contributed by atoms with Crippen LogP contribution in [0, 0.1) is 0 Å². The molecule has 0 amide bonds. The molecule has 0 radical (unpaired) electrons. The van der Waals surface area contributed by atoms with Crippen LogP contribution in [0.4, 0.5) is 0 Å². The lowest BCUT2D eigenvalue weighted by Crippen LogP contribution is -2.32. The second kappa shape index (κ2) is 14.5. The lowest BCUT2D eigenvalue weighted by molar-refractivity contribution is 0.659. The van der Waals surface area contributed by atoms with Crippen molar-refractivity contribution >= 4 is 45.1 Å². The van der Waals surface area contributed by atoms with Crippen LogP contribution < -0.4 is 5.32 Å². The number of nitrogens with one attached hydrogen (secondary N) is 1. The maximum Gasteiger partial charge on any atom is 0.0360 e. The third-order valence-electron chi connectivity index (χ3n) is 3.25. The van der Waals surface area contributed by atoms with Gasteiger partial charge < -0.3 is 5.32 Å². The normalized spacial score (nSPS) is 24.8. The molecule has 3 aliphatic rings. The van der Waals surface area contributed by atoms with Gasteiger partial charge in [0, 0.05) is 80.7 Å². The van der Waals surface area contributed by atoms with Crippen molar-refractivity contribution in [2.45, 2.75) is 25.7 Å². The molecule has 0 aromatic heterocycles. The van der Waals surface area contributed by atoms with Crippen molar-refractivity contribution in [3.63, 3.8) is 0 Å². The van der Waals surface area contributed by atoms with Crippen LogP contribution in [0.25, 0.3) is 0 Å². The summed E-state index contributed by atoms with van der Waals surface area (Å²) in [5, 5.41) is 3.12. The molecule has 3 saturated heterocycles. The minimum Gasteiger partial charge on any atom is -0.315 e. The molecule has 3 fully saturated rings. The molecule has 0 aromatic carbocycles. The van der Waals surface area contributed by atoms with Crippen molar-refractivity contribution in [3.05, 3.63) is 0 Å². The van der Waals surface area contributed by atoms with Gasteiger partial charge in [-0.2, -0.15) is 23.5 Å². The summed E-state index contributed by atoms with van der Waals surface area (Å²) in [4.78, 5) is 0. The predicted octanol–water partition coefficient (Wildman–Crippen LogP) is 2.11. The van der Waals surface area contributed by atoms with Gasteiger partial charge in [0.25, 0.3) is 0 Å². The Balaban J connectivity index is 0.000000159. The molecule has 21 heavy (non-hydrogen) atoms. The number of hydrogen-bond acceptors (Lipinski definition) is 5. The minimum absolute atomic E-state index is 0.458. The van der Waals surface area contributed by atoms with E-state index in [1.165, 1.54) is 48.7 Å². The quantitative estimate of drug-likeness (QED) is 0.707. The van der Waals surface area contributed by atoms with Gasteiger partial charge in [0.1, 0.15) is 0 Å². The highest BCUT2D eigenvalue weighted by molar-refractivity contribution is 8.06. The maximum atomic E-state index is 10.8. The zero-order valence-corrected chi connectivity index (χ0v) is 16.1. The van der Waals surface area contributed by atoms with Gasteiger partial charge in [0.15, 0.2) is 0 Å². The summed E-state index contributed by atoms with van der Waals surface area (Å²) in [5.74, 6) is 9.13. The summed E-state index contributed by atoms with van der Waals surface area (Å²) in [6.07, 6.45) is 4.97. The number of thioether (sulfide) groups is 2. The highest BCUT2D eigenvalue weighted by Crippen LogP contribution is 2.14. The smallest absolute Gasteiger partial charge is 0.0360 e. The van der Waals surface area contributed by atoms with Gasteiger partial charge in [-0.25, -0.2) is 0 Å². The summed E-state index contributed by atoms with van der Waals surface area (Å²) < 4.78 is 21.3. The Labute approximate surface area is 143 Å². The molecule has 126 valence electrons. The van der Waals surface area contributed by atoms with Crippen LogP contribution in [0.3, 0.4) is 0 Å². The van der Waals surface area contributed by atoms with E-state index in [9.17, 15) is 8.42 Å². The first-order chi connectivity index (χ1) is 10.3. The SMILES string of the molecule is C1CSCCS1.O=S1CCCCCC1.O=S1CCNCC1. The average molecular weight is 372 g/mol. The highest BCUT2D eigenvalue weighted by atomic mass is 32.2. The second-order valence-electron chi connectivity index (χ2n) is 5.09. The molecule has 0 aliphatic carbocycles.